The van der Waals surface area contributed by atoms with E-state index in [1.807, 2.05) is 0 Å². The molecule has 0 saturated heterocycles. The zero-order valence-electron chi connectivity index (χ0n) is 7.46. The van der Waals surface area contributed by atoms with Crippen LogP contribution in [-0.2, 0) is 4.79 Å². The van der Waals surface area contributed by atoms with E-state index in [-0.39, 0.29) is 0 Å². The van der Waals surface area contributed by atoms with E-state index in [9.17, 15) is 13.6 Å². The van der Waals surface area contributed by atoms with E-state index in [2.05, 4.69) is 0 Å². The van der Waals surface area contributed by atoms with Gasteiger partial charge in [-0.1, -0.05) is 30.0 Å². The highest BCUT2D eigenvalue weighted by molar-refractivity contribution is 8.03. The lowest BCUT2D eigenvalue weighted by atomic mass is 10.4. The first-order valence-electron chi connectivity index (χ1n) is 3.90. The molecule has 4 heteroatoms. The van der Waals surface area contributed by atoms with Crippen molar-refractivity contribution in [3.8, 4) is 0 Å². The second kappa shape index (κ2) is 4.91. The molecule has 0 radical (unpaired) electrons. The zero-order chi connectivity index (χ0) is 10.6. The SMILES string of the molecule is CC(=O)/C(F)=C(/F)Sc1ccccc1. The zero-order valence-corrected chi connectivity index (χ0v) is 8.28. The normalized spacial score (nSPS) is 12.2. The first-order valence-corrected chi connectivity index (χ1v) is 4.72. The highest BCUT2D eigenvalue weighted by Crippen LogP contribution is 2.30. The molecule has 0 N–H and O–H groups in total. The van der Waals surface area contributed by atoms with Gasteiger partial charge in [0.25, 0.3) is 0 Å². The monoisotopic (exact) mass is 214 g/mol. The van der Waals surface area contributed by atoms with Crippen molar-refractivity contribution in [2.75, 3.05) is 0 Å². The van der Waals surface area contributed by atoms with E-state index in [0.717, 1.165) is 6.92 Å². The van der Waals surface area contributed by atoms with Crippen LogP contribution >= 0.6 is 11.8 Å². The van der Waals surface area contributed by atoms with Gasteiger partial charge in [-0.15, -0.1) is 0 Å². The summed E-state index contributed by atoms with van der Waals surface area (Å²) >= 11 is 0.597. The van der Waals surface area contributed by atoms with E-state index in [4.69, 9.17) is 0 Å². The van der Waals surface area contributed by atoms with Crippen LogP contribution in [0.2, 0.25) is 0 Å². The Kier molecular flexibility index (Phi) is 3.83. The smallest absolute Gasteiger partial charge is 0.208 e. The van der Waals surface area contributed by atoms with Crippen molar-refractivity contribution in [1.82, 2.24) is 0 Å². The van der Waals surface area contributed by atoms with Gasteiger partial charge in [0.05, 0.1) is 0 Å². The molecule has 74 valence electrons. The minimum atomic E-state index is -1.32. The maximum absolute atomic E-state index is 13.0. The van der Waals surface area contributed by atoms with Crippen LogP contribution < -0.4 is 0 Å². The average Bonchev–Trinajstić information content (AvgIpc) is 2.18. The van der Waals surface area contributed by atoms with Crippen molar-refractivity contribution in [2.45, 2.75) is 11.8 Å². The van der Waals surface area contributed by atoms with Gasteiger partial charge in [0.2, 0.25) is 11.0 Å². The van der Waals surface area contributed by atoms with Gasteiger partial charge in [0, 0.05) is 11.8 Å². The summed E-state index contributed by atoms with van der Waals surface area (Å²) in [6.07, 6.45) is 0. The number of carbonyl (C=O) groups excluding carboxylic acids is 1. The molecule has 0 unspecified atom stereocenters. The van der Waals surface area contributed by atoms with Crippen LogP contribution in [-0.4, -0.2) is 5.78 Å². The van der Waals surface area contributed by atoms with Crippen LogP contribution in [0.4, 0.5) is 8.78 Å². The number of halogens is 2. The Bertz CT molecular complexity index is 360. The molecule has 0 aliphatic rings. The van der Waals surface area contributed by atoms with Crippen molar-refractivity contribution in [2.24, 2.45) is 0 Å². The summed E-state index contributed by atoms with van der Waals surface area (Å²) in [6, 6.07) is 8.46. The number of benzene rings is 1. The number of thioether (sulfide) groups is 1. The Hall–Kier alpha value is -1.16. The van der Waals surface area contributed by atoms with Gasteiger partial charge in [0.1, 0.15) is 0 Å². The Morgan fingerprint density at radius 3 is 2.29 bits per heavy atom. The third-order valence-electron chi connectivity index (χ3n) is 1.43. The van der Waals surface area contributed by atoms with E-state index >= 15 is 0 Å². The van der Waals surface area contributed by atoms with Crippen molar-refractivity contribution >= 4 is 17.5 Å². The molecule has 14 heavy (non-hydrogen) atoms. The molecule has 1 aromatic carbocycles. The van der Waals surface area contributed by atoms with Gasteiger partial charge in [0.15, 0.2) is 5.78 Å². The predicted octanol–water partition coefficient (Wildman–Crippen LogP) is 3.48. The molecule has 0 spiro atoms. The maximum atomic E-state index is 13.0. The summed E-state index contributed by atoms with van der Waals surface area (Å²) in [5.74, 6) is -2.22. The Morgan fingerprint density at radius 1 is 1.21 bits per heavy atom. The summed E-state index contributed by atoms with van der Waals surface area (Å²) in [7, 11) is 0. The first kappa shape index (κ1) is 10.9. The number of allylic oxidation sites excluding steroid dienone is 1. The lowest BCUT2D eigenvalue weighted by Crippen LogP contribution is -1.91. The third-order valence-corrected chi connectivity index (χ3v) is 2.30. The Morgan fingerprint density at radius 2 is 1.79 bits per heavy atom. The highest BCUT2D eigenvalue weighted by Gasteiger charge is 2.11. The summed E-state index contributed by atoms with van der Waals surface area (Å²) in [5.41, 5.74) is 0. The number of rotatable bonds is 3. The van der Waals surface area contributed by atoms with Crippen LogP contribution in [0.25, 0.3) is 0 Å². The second-order valence-electron chi connectivity index (χ2n) is 2.56. The second-order valence-corrected chi connectivity index (χ2v) is 3.59. The third kappa shape index (κ3) is 2.96. The van der Waals surface area contributed by atoms with Crippen molar-refractivity contribution in [3.63, 3.8) is 0 Å². The average molecular weight is 214 g/mol. The lowest BCUT2D eigenvalue weighted by Gasteiger charge is -1.98. The first-order chi connectivity index (χ1) is 6.61. The van der Waals surface area contributed by atoms with Gasteiger partial charge in [-0.3, -0.25) is 4.79 Å². The molecule has 0 aromatic heterocycles. The number of Topliss-reactive ketones (excluding diaryl/α,β-unsaturated/α-hetero) is 1. The molecule has 0 fully saturated rings. The minimum absolute atomic E-state index is 0.557. The van der Waals surface area contributed by atoms with E-state index in [1.165, 1.54) is 0 Å². The molecule has 0 bridgehead atoms. The van der Waals surface area contributed by atoms with Crippen LogP contribution in [0.15, 0.2) is 46.2 Å². The summed E-state index contributed by atoms with van der Waals surface area (Å²) in [4.78, 5) is 11.0. The molecule has 0 heterocycles. The van der Waals surface area contributed by atoms with E-state index in [1.54, 1.807) is 30.3 Å². The van der Waals surface area contributed by atoms with E-state index in [0.29, 0.717) is 16.7 Å². The summed E-state index contributed by atoms with van der Waals surface area (Å²) < 4.78 is 25.7. The number of ketones is 1. The topological polar surface area (TPSA) is 17.1 Å². The van der Waals surface area contributed by atoms with Crippen LogP contribution in [0.5, 0.6) is 0 Å². The van der Waals surface area contributed by atoms with Crippen molar-refractivity contribution in [1.29, 1.82) is 0 Å². The molecule has 1 rings (SSSR count). The minimum Gasteiger partial charge on any atom is -0.292 e. The van der Waals surface area contributed by atoms with Gasteiger partial charge < -0.3 is 0 Å². The molecule has 1 nitrogen and oxygen atoms in total. The Balaban J connectivity index is 2.80. The van der Waals surface area contributed by atoms with Gasteiger partial charge >= 0.3 is 0 Å². The number of hydrogen-bond donors (Lipinski definition) is 0. The van der Waals surface area contributed by atoms with Crippen molar-refractivity contribution < 1.29 is 13.6 Å². The van der Waals surface area contributed by atoms with Gasteiger partial charge in [-0.25, -0.2) is 0 Å². The molecular weight excluding hydrogens is 206 g/mol. The molecule has 1 aromatic rings. The van der Waals surface area contributed by atoms with Crippen LogP contribution in [0.3, 0.4) is 0 Å². The maximum Gasteiger partial charge on any atom is 0.208 e. The van der Waals surface area contributed by atoms with Gasteiger partial charge in [-0.05, 0) is 12.1 Å². The quantitative estimate of drug-likeness (QED) is 0.566. The number of hydrogen-bond acceptors (Lipinski definition) is 2. The van der Waals surface area contributed by atoms with Gasteiger partial charge in [-0.2, -0.15) is 8.78 Å². The lowest BCUT2D eigenvalue weighted by molar-refractivity contribution is -0.115. The molecule has 0 aliphatic carbocycles. The van der Waals surface area contributed by atoms with E-state index < -0.39 is 16.8 Å². The number of carbonyl (C=O) groups is 1. The summed E-state index contributed by atoms with van der Waals surface area (Å²) in [5, 5.41) is -1.09. The molecule has 0 amide bonds. The highest BCUT2D eigenvalue weighted by atomic mass is 32.2. The largest absolute Gasteiger partial charge is 0.292 e. The molecular formula is C10H8F2OS. The summed E-state index contributed by atoms with van der Waals surface area (Å²) in [6.45, 7) is 0.987. The Labute approximate surface area is 84.8 Å². The standard InChI is InChI=1S/C10H8F2OS/c1-7(13)9(11)10(12)14-8-5-3-2-4-6-8/h2-6H,1H3/b10-9+. The van der Waals surface area contributed by atoms with Crippen molar-refractivity contribution in [3.05, 3.63) is 41.3 Å². The fourth-order valence-corrected chi connectivity index (χ4v) is 1.51. The molecule has 0 atom stereocenters. The fourth-order valence-electron chi connectivity index (χ4n) is 0.775. The van der Waals surface area contributed by atoms with Crippen LogP contribution in [0.1, 0.15) is 6.92 Å². The van der Waals surface area contributed by atoms with Crippen LogP contribution in [0, 0.1) is 0 Å². The molecule has 0 aliphatic heterocycles. The molecule has 0 saturated carbocycles. The fraction of sp³-hybridized carbons (Fsp3) is 0.100. The predicted molar refractivity (Wildman–Crippen MR) is 52.2 cm³/mol.